The molecule has 1 aromatic rings. The van der Waals surface area contributed by atoms with E-state index in [1.165, 1.54) is 6.42 Å². The van der Waals surface area contributed by atoms with Gasteiger partial charge in [0, 0.05) is 22.7 Å². The van der Waals surface area contributed by atoms with Crippen LogP contribution in [0, 0.1) is 29.6 Å². The molecule has 4 fully saturated rings. The Kier molecular flexibility index (Phi) is 7.53. The van der Waals surface area contributed by atoms with Crippen LogP contribution in [0.25, 0.3) is 0 Å². The van der Waals surface area contributed by atoms with Crippen molar-refractivity contribution < 1.29 is 19.1 Å². The van der Waals surface area contributed by atoms with E-state index in [0.717, 1.165) is 43.4 Å². The highest BCUT2D eigenvalue weighted by molar-refractivity contribution is 7.98. The molecule has 1 spiro atoms. The Labute approximate surface area is 242 Å². The predicted molar refractivity (Wildman–Crippen MR) is 157 cm³/mol. The van der Waals surface area contributed by atoms with Gasteiger partial charge in [0.1, 0.15) is 11.6 Å². The summed E-state index contributed by atoms with van der Waals surface area (Å²) in [5, 5.41) is 6.43. The zero-order chi connectivity index (χ0) is 28.2. The van der Waals surface area contributed by atoms with Crippen molar-refractivity contribution in [3.63, 3.8) is 0 Å². The van der Waals surface area contributed by atoms with E-state index in [-0.39, 0.29) is 29.8 Å². The molecule has 3 aliphatic heterocycles. The number of nitrogens with zero attached hydrogens (tertiary/aromatic N) is 1. The predicted octanol–water partition coefficient (Wildman–Crippen LogP) is 5.02. The number of benzene rings is 1. The highest BCUT2D eigenvalue weighted by atomic mass is 32.2. The van der Waals surface area contributed by atoms with Crippen LogP contribution in [0.1, 0.15) is 65.7 Å². The number of carbonyl (C=O) groups is 3. The second-order valence-corrected chi connectivity index (χ2v) is 13.8. The minimum Gasteiger partial charge on any atom is -0.359 e. The van der Waals surface area contributed by atoms with Gasteiger partial charge in [-0.15, -0.1) is 11.8 Å². The maximum Gasteiger partial charge on any atom is 0.246 e. The number of thioether (sulfide) groups is 1. The Morgan fingerprint density at radius 3 is 2.58 bits per heavy atom. The average molecular weight is 566 g/mol. The molecule has 2 aliphatic carbocycles. The third-order valence-corrected chi connectivity index (χ3v) is 11.3. The van der Waals surface area contributed by atoms with Crippen molar-refractivity contribution in [1.82, 2.24) is 10.2 Å². The molecule has 3 heterocycles. The van der Waals surface area contributed by atoms with Crippen molar-refractivity contribution >= 4 is 35.2 Å². The zero-order valence-corrected chi connectivity index (χ0v) is 24.9. The van der Waals surface area contributed by atoms with Crippen LogP contribution in [0.4, 0.5) is 5.69 Å². The SMILES string of the molecule is CSc1cccc(NC(=O)[C@@H]2[C@@H]3C=C[C@]4(O3)[C@@H]2C(=O)N(C2CCC(C)CC2)[C@H]4C(=O)N[C@@H]2CCC[C@H](C)[C@H]2C)c1. The molecule has 0 radical (unpaired) electrons. The zero-order valence-electron chi connectivity index (χ0n) is 24.1. The molecule has 6 rings (SSSR count). The van der Waals surface area contributed by atoms with Crippen molar-refractivity contribution in [2.24, 2.45) is 29.6 Å². The molecule has 2 bridgehead atoms. The maximum absolute atomic E-state index is 14.4. The molecule has 2 saturated heterocycles. The summed E-state index contributed by atoms with van der Waals surface area (Å²) in [4.78, 5) is 45.3. The molecule has 5 aliphatic rings. The van der Waals surface area contributed by atoms with Crippen LogP contribution in [0.3, 0.4) is 0 Å². The Morgan fingerprint density at radius 2 is 1.82 bits per heavy atom. The number of hydrogen-bond acceptors (Lipinski definition) is 5. The van der Waals surface area contributed by atoms with E-state index in [2.05, 4.69) is 31.4 Å². The fraction of sp³-hybridized carbons (Fsp3) is 0.656. The lowest BCUT2D eigenvalue weighted by Crippen LogP contribution is -2.59. The lowest BCUT2D eigenvalue weighted by Gasteiger charge is -2.41. The summed E-state index contributed by atoms with van der Waals surface area (Å²) in [6, 6.07) is 7.04. The molecule has 216 valence electrons. The first-order chi connectivity index (χ1) is 19.2. The van der Waals surface area contributed by atoms with E-state index in [1.54, 1.807) is 11.8 Å². The molecule has 8 atom stereocenters. The van der Waals surface area contributed by atoms with E-state index < -0.39 is 29.6 Å². The number of hydrogen-bond donors (Lipinski definition) is 2. The van der Waals surface area contributed by atoms with Gasteiger partial charge in [0.2, 0.25) is 17.7 Å². The molecule has 0 unspecified atom stereocenters. The van der Waals surface area contributed by atoms with Gasteiger partial charge in [-0.1, -0.05) is 51.8 Å². The summed E-state index contributed by atoms with van der Waals surface area (Å²) in [5.41, 5.74) is -0.405. The highest BCUT2D eigenvalue weighted by Gasteiger charge is 2.73. The Morgan fingerprint density at radius 1 is 1.05 bits per heavy atom. The van der Waals surface area contributed by atoms with Gasteiger partial charge in [-0.05, 0) is 74.3 Å². The number of fused-ring (bicyclic) bond motifs is 1. The van der Waals surface area contributed by atoms with E-state index >= 15 is 0 Å². The van der Waals surface area contributed by atoms with Gasteiger partial charge in [0.05, 0.1) is 17.9 Å². The first-order valence-electron chi connectivity index (χ1n) is 15.2. The van der Waals surface area contributed by atoms with Gasteiger partial charge in [-0.2, -0.15) is 0 Å². The monoisotopic (exact) mass is 565 g/mol. The third-order valence-electron chi connectivity index (χ3n) is 10.6. The highest BCUT2D eigenvalue weighted by Crippen LogP contribution is 2.56. The van der Waals surface area contributed by atoms with Crippen molar-refractivity contribution in [3.8, 4) is 0 Å². The van der Waals surface area contributed by atoms with Crippen LogP contribution >= 0.6 is 11.8 Å². The smallest absolute Gasteiger partial charge is 0.246 e. The molecular weight excluding hydrogens is 522 g/mol. The summed E-state index contributed by atoms with van der Waals surface area (Å²) in [6.45, 7) is 6.74. The molecule has 2 saturated carbocycles. The molecule has 7 nitrogen and oxygen atoms in total. The lowest BCUT2D eigenvalue weighted by molar-refractivity contribution is -0.145. The number of carbonyl (C=O) groups excluding carboxylic acids is 3. The van der Waals surface area contributed by atoms with Crippen molar-refractivity contribution in [3.05, 3.63) is 36.4 Å². The standard InChI is InChI=1S/C32H43N3O4S/c1-18-11-13-22(14-12-18)35-28(30(37)34-24-10-5-7-19(2)20(24)3)32-16-15-25(39-32)26(27(32)31(35)38)29(36)33-21-8-6-9-23(17-21)40-4/h6,8-9,15-20,22,24-28H,5,7,10-14H2,1-4H3,(H,33,36)(H,34,37)/t18?,19-,20+,22?,24+,25-,26+,27-,28-,32-/m0/s1. The van der Waals surface area contributed by atoms with E-state index in [4.69, 9.17) is 4.74 Å². The Balaban J connectivity index is 1.31. The molecular formula is C32H43N3O4S. The van der Waals surface area contributed by atoms with Gasteiger partial charge < -0.3 is 20.3 Å². The molecule has 1 aromatic carbocycles. The number of nitrogens with one attached hydrogen (secondary N) is 2. The van der Waals surface area contributed by atoms with Gasteiger partial charge in [0.25, 0.3) is 0 Å². The fourth-order valence-electron chi connectivity index (χ4n) is 8.09. The minimum absolute atomic E-state index is 0.0138. The second kappa shape index (κ2) is 10.8. The first-order valence-corrected chi connectivity index (χ1v) is 16.4. The van der Waals surface area contributed by atoms with Crippen LogP contribution in [-0.4, -0.2) is 58.7 Å². The topological polar surface area (TPSA) is 87.7 Å². The summed E-state index contributed by atoms with van der Waals surface area (Å²) in [5.74, 6) is -0.293. The Bertz CT molecular complexity index is 1200. The fourth-order valence-corrected chi connectivity index (χ4v) is 8.55. The molecule has 0 aromatic heterocycles. The van der Waals surface area contributed by atoms with Crippen LogP contribution in [0.5, 0.6) is 0 Å². The number of likely N-dealkylation sites (tertiary alicyclic amines) is 1. The summed E-state index contributed by atoms with van der Waals surface area (Å²) < 4.78 is 6.58. The lowest BCUT2D eigenvalue weighted by atomic mass is 9.73. The third kappa shape index (κ3) is 4.59. The van der Waals surface area contributed by atoms with Gasteiger partial charge in [-0.25, -0.2) is 0 Å². The molecule has 40 heavy (non-hydrogen) atoms. The van der Waals surface area contributed by atoms with E-state index in [9.17, 15) is 14.4 Å². The minimum atomic E-state index is -1.11. The van der Waals surface area contributed by atoms with Crippen molar-refractivity contribution in [1.29, 1.82) is 0 Å². The largest absolute Gasteiger partial charge is 0.359 e. The summed E-state index contributed by atoms with van der Waals surface area (Å²) >= 11 is 1.61. The number of amides is 3. The van der Waals surface area contributed by atoms with Crippen LogP contribution in [0.2, 0.25) is 0 Å². The summed E-state index contributed by atoms with van der Waals surface area (Å²) in [6.07, 6.45) is 12.4. The molecule has 3 amide bonds. The number of rotatable bonds is 6. The number of anilines is 1. The van der Waals surface area contributed by atoms with E-state index in [1.807, 2.05) is 47.6 Å². The second-order valence-electron chi connectivity index (χ2n) is 13.0. The maximum atomic E-state index is 14.4. The summed E-state index contributed by atoms with van der Waals surface area (Å²) in [7, 11) is 0. The van der Waals surface area contributed by atoms with Crippen molar-refractivity contribution in [2.45, 2.75) is 100 Å². The molecule has 8 heteroatoms. The van der Waals surface area contributed by atoms with Gasteiger partial charge in [-0.3, -0.25) is 14.4 Å². The van der Waals surface area contributed by atoms with Crippen LogP contribution < -0.4 is 10.6 Å². The van der Waals surface area contributed by atoms with Gasteiger partial charge in [0.15, 0.2) is 0 Å². The number of ether oxygens (including phenoxy) is 1. The van der Waals surface area contributed by atoms with Gasteiger partial charge >= 0.3 is 0 Å². The normalized spacial score (nSPS) is 40.2. The first kappa shape index (κ1) is 27.8. The van der Waals surface area contributed by atoms with Crippen molar-refractivity contribution in [2.75, 3.05) is 11.6 Å². The van der Waals surface area contributed by atoms with Crippen LogP contribution in [-0.2, 0) is 19.1 Å². The Hall–Kier alpha value is -2.32. The van der Waals surface area contributed by atoms with E-state index in [0.29, 0.717) is 23.4 Å². The van der Waals surface area contributed by atoms with Crippen LogP contribution in [0.15, 0.2) is 41.3 Å². The quantitative estimate of drug-likeness (QED) is 0.374. The molecule has 2 N–H and O–H groups in total. The average Bonchev–Trinajstić information content (AvgIpc) is 3.59.